The first-order valence-corrected chi connectivity index (χ1v) is 28.3. The summed E-state index contributed by atoms with van der Waals surface area (Å²) in [6.07, 6.45) is 7.75. The molecule has 4 amide bonds. The van der Waals surface area contributed by atoms with Gasteiger partial charge in [-0.3, -0.25) is 24.0 Å². The summed E-state index contributed by atoms with van der Waals surface area (Å²) in [5.74, 6) is -2.25. The van der Waals surface area contributed by atoms with Gasteiger partial charge < -0.3 is 42.6 Å². The highest BCUT2D eigenvalue weighted by Gasteiger charge is 2.30. The second-order valence-corrected chi connectivity index (χ2v) is 22.8. The fraction of sp³-hybridized carbons (Fsp3) is 0.255. The van der Waals surface area contributed by atoms with E-state index in [4.69, 9.17) is 36.1 Å². The molecule has 7 aromatic heterocycles. The minimum atomic E-state index is -1.24. The van der Waals surface area contributed by atoms with Crippen molar-refractivity contribution < 1.29 is 33.8 Å². The van der Waals surface area contributed by atoms with E-state index in [2.05, 4.69) is 55.6 Å². The zero-order valence-electron chi connectivity index (χ0n) is 41.9. The van der Waals surface area contributed by atoms with Gasteiger partial charge in [0, 0.05) is 58.2 Å². The van der Waals surface area contributed by atoms with E-state index in [1.54, 1.807) is 71.9 Å². The molecule has 0 radical (unpaired) electrons. The maximum atomic E-state index is 13.9. The van der Waals surface area contributed by atoms with Gasteiger partial charge in [-0.1, -0.05) is 50.8 Å². The molecule has 1 aromatic carbocycles. The van der Waals surface area contributed by atoms with Crippen molar-refractivity contribution in [3.05, 3.63) is 129 Å². The van der Waals surface area contributed by atoms with E-state index in [-0.39, 0.29) is 29.6 Å². The van der Waals surface area contributed by atoms with E-state index >= 15 is 0 Å². The van der Waals surface area contributed by atoms with Crippen molar-refractivity contribution in [2.75, 3.05) is 20.7 Å². The molecule has 0 spiro atoms. The molecular formula is C51H51N13O7S6. The lowest BCUT2D eigenvalue weighted by molar-refractivity contribution is -0.121. The summed E-state index contributed by atoms with van der Waals surface area (Å²) in [5.41, 5.74) is 15.9. The number of primary amides is 1. The molecule has 77 heavy (non-hydrogen) atoms. The Hall–Kier alpha value is -7.32. The second-order valence-electron chi connectivity index (χ2n) is 16.9. The average molecular weight is 1150 g/mol. The lowest BCUT2D eigenvalue weighted by Crippen LogP contribution is -2.40. The maximum Gasteiger partial charge on any atom is 0.271 e. The Morgan fingerprint density at radius 3 is 2.16 bits per heavy atom. The number of aliphatic hydroxyl groups excluding tert-OH is 1. The third-order valence-corrected chi connectivity index (χ3v) is 17.1. The second kappa shape index (κ2) is 26.2. The summed E-state index contributed by atoms with van der Waals surface area (Å²) in [7, 11) is 3.24. The Morgan fingerprint density at radius 1 is 0.792 bits per heavy atom. The van der Waals surface area contributed by atoms with Crippen molar-refractivity contribution in [3.8, 4) is 56.2 Å². The highest BCUT2D eigenvalue weighted by Crippen LogP contribution is 2.39. The van der Waals surface area contributed by atoms with E-state index in [0.717, 1.165) is 4.88 Å². The summed E-state index contributed by atoms with van der Waals surface area (Å²) >= 11 is 7.50. The van der Waals surface area contributed by atoms with Gasteiger partial charge in [0.05, 0.1) is 35.8 Å². The number of carbonyl (C=O) groups excluding carboxylic acids is 5. The number of benzene rings is 1. The van der Waals surface area contributed by atoms with Gasteiger partial charge in [-0.25, -0.2) is 34.9 Å². The summed E-state index contributed by atoms with van der Waals surface area (Å²) in [6, 6.07) is 10.3. The highest BCUT2D eigenvalue weighted by atomic mass is 32.1. The molecule has 4 atom stereocenters. The zero-order valence-corrected chi connectivity index (χ0v) is 46.8. The first-order valence-electron chi connectivity index (χ1n) is 23.2. The van der Waals surface area contributed by atoms with Crippen LogP contribution in [0.3, 0.4) is 0 Å². The zero-order chi connectivity index (χ0) is 55.5. The monoisotopic (exact) mass is 1150 g/mol. The minimum Gasteiger partial charge on any atom is -0.392 e. The number of aryl methyl sites for hydroxylation is 1. The van der Waals surface area contributed by atoms with Crippen LogP contribution in [0.1, 0.15) is 117 Å². The summed E-state index contributed by atoms with van der Waals surface area (Å²) < 4.78 is 5.31. The number of hydrogen-bond donors (Lipinski definition) is 7. The number of nitrogens with zero attached hydrogens (tertiary/aromatic N) is 7. The number of terminal acetylenes is 1. The van der Waals surface area contributed by atoms with Crippen molar-refractivity contribution in [3.63, 3.8) is 0 Å². The third-order valence-electron chi connectivity index (χ3n) is 11.4. The number of rotatable bonds is 23. The molecule has 0 aliphatic heterocycles. The predicted octanol–water partition coefficient (Wildman–Crippen LogP) is 7.68. The molecule has 0 saturated carbocycles. The van der Waals surface area contributed by atoms with E-state index in [1.165, 1.54) is 75.1 Å². The maximum absolute atomic E-state index is 13.9. The van der Waals surface area contributed by atoms with Gasteiger partial charge in [0.2, 0.25) is 5.91 Å². The summed E-state index contributed by atoms with van der Waals surface area (Å²) in [6.45, 7) is 9.43. The van der Waals surface area contributed by atoms with Crippen LogP contribution in [0, 0.1) is 25.7 Å². The van der Waals surface area contributed by atoms with Gasteiger partial charge >= 0.3 is 0 Å². The molecule has 0 aliphatic carbocycles. The van der Waals surface area contributed by atoms with Crippen LogP contribution in [0.25, 0.3) is 43.4 Å². The lowest BCUT2D eigenvalue weighted by Gasteiger charge is -2.23. The van der Waals surface area contributed by atoms with Crippen molar-refractivity contribution in [2.24, 2.45) is 17.4 Å². The smallest absolute Gasteiger partial charge is 0.271 e. The first kappa shape index (κ1) is 57.4. The third kappa shape index (κ3) is 13.6. The number of amides is 4. The quantitative estimate of drug-likeness (QED) is 0.0239. The molecular weight excluding hydrogens is 1100 g/mol. The number of carbonyl (C=O) groups is 5. The molecule has 20 nitrogen and oxygen atoms in total. The number of aldehydes is 1. The molecule has 398 valence electrons. The molecule has 4 unspecified atom stereocenters. The van der Waals surface area contributed by atoms with Crippen molar-refractivity contribution in [1.29, 1.82) is 0 Å². The molecule has 26 heteroatoms. The standard InChI is InChI=1S/C49H49N13O7S6.C2H2/c1-22(2)36(50)48-62-38(34(75-48)17-69-6)43(68)53-15-35(64)61-39(40(65)25-10-8-7-9-11-25)49-60-33(21-73-49)46-57-30(18-71-46)37-26(12-13-27(54-37)45-58-31(19-72-45)41(51)66)44-59-32(20-70-44)42(67)55-28(14-23(3)52-5)47-56-29(16-63)24(4)74-47;1-2/h7-13,16,18-22,28,36,39-40,52,65H,3,14-15,17,50H2,1-2,4-6H3,(H2,51,66)(H,53,68)(H,55,67)(H,61,64);1-2H. The van der Waals surface area contributed by atoms with Crippen LogP contribution in [-0.2, 0) is 16.1 Å². The number of thiazole rings is 6. The van der Waals surface area contributed by atoms with E-state index < -0.39 is 54.4 Å². The van der Waals surface area contributed by atoms with Gasteiger partial charge in [0.15, 0.2) is 6.29 Å². The fourth-order valence-electron chi connectivity index (χ4n) is 7.24. The van der Waals surface area contributed by atoms with Crippen molar-refractivity contribution in [1.82, 2.24) is 56.2 Å². The predicted molar refractivity (Wildman–Crippen MR) is 302 cm³/mol. The Balaban J connectivity index is 0.00000426. The Morgan fingerprint density at radius 2 is 1.48 bits per heavy atom. The van der Waals surface area contributed by atoms with Gasteiger partial charge in [-0.15, -0.1) is 80.9 Å². The van der Waals surface area contributed by atoms with Crippen LogP contribution in [-0.4, -0.2) is 90.6 Å². The van der Waals surface area contributed by atoms with Crippen molar-refractivity contribution in [2.45, 2.75) is 58.0 Å². The topological polar surface area (TPSA) is 305 Å². The number of hydrogen-bond acceptors (Lipinski definition) is 22. The summed E-state index contributed by atoms with van der Waals surface area (Å²) in [5, 5.41) is 32.9. The number of aromatic nitrogens is 7. The molecule has 0 fully saturated rings. The highest BCUT2D eigenvalue weighted by molar-refractivity contribution is 7.15. The van der Waals surface area contributed by atoms with Crippen LogP contribution in [0.2, 0.25) is 0 Å². The van der Waals surface area contributed by atoms with Gasteiger partial charge in [0.1, 0.15) is 82.0 Å². The van der Waals surface area contributed by atoms with Gasteiger partial charge in [0.25, 0.3) is 17.7 Å². The van der Waals surface area contributed by atoms with Crippen LogP contribution in [0.15, 0.2) is 76.3 Å². The number of nitrogens with one attached hydrogen (secondary N) is 4. The number of aliphatic hydroxyl groups is 1. The van der Waals surface area contributed by atoms with Gasteiger partial charge in [-0.2, -0.15) is 0 Å². The largest absolute Gasteiger partial charge is 0.392 e. The molecule has 8 aromatic rings. The molecule has 0 bridgehead atoms. The molecule has 7 heterocycles. The van der Waals surface area contributed by atoms with Crippen LogP contribution in [0.5, 0.6) is 0 Å². The SMILES string of the molecule is C#C.C=C(CC(NC(=O)c1csc(-c2ccc(-c3nc(C(N)=O)cs3)nc2-c2csc(-c3csc(C(NC(=O)CNC(=O)c4nc(C(N)C(C)C)sc4COC)C(O)c4ccccc4)n3)n2)n1)c1nc(C=O)c(C)s1)NC. The van der Waals surface area contributed by atoms with E-state index in [0.29, 0.717) is 92.9 Å². The average Bonchev–Trinajstić information content (AvgIpc) is 4.36. The van der Waals surface area contributed by atoms with Crippen LogP contribution >= 0.6 is 68.0 Å². The summed E-state index contributed by atoms with van der Waals surface area (Å²) in [4.78, 5) is 98.9. The number of nitrogens with two attached hydrogens (primary N) is 2. The lowest BCUT2D eigenvalue weighted by atomic mass is 10.0. The van der Waals surface area contributed by atoms with Gasteiger partial charge in [-0.05, 0) is 30.5 Å². The molecule has 9 N–H and O–H groups in total. The number of ether oxygens (including phenoxy) is 1. The Labute approximate surface area is 466 Å². The van der Waals surface area contributed by atoms with Crippen LogP contribution < -0.4 is 32.7 Å². The Kier molecular flexibility index (Phi) is 19.5. The Bertz CT molecular complexity index is 3430. The minimum absolute atomic E-state index is 0.0738. The number of methoxy groups -OCH3 is 1. The van der Waals surface area contributed by atoms with Crippen molar-refractivity contribution >= 4 is 97.9 Å². The van der Waals surface area contributed by atoms with E-state index in [1.807, 2.05) is 19.9 Å². The fourth-order valence-corrected chi connectivity index (χ4v) is 12.7. The number of pyridine rings is 1. The molecule has 0 aliphatic rings. The van der Waals surface area contributed by atoms with Crippen LogP contribution in [0.4, 0.5) is 0 Å². The first-order chi connectivity index (χ1) is 37.0. The van der Waals surface area contributed by atoms with E-state index in [9.17, 15) is 29.1 Å². The molecule has 8 rings (SSSR count). The normalized spacial score (nSPS) is 12.6. The molecule has 0 saturated heterocycles.